The minimum absolute atomic E-state index is 0.0986. The van der Waals surface area contributed by atoms with Crippen LogP contribution in [0.1, 0.15) is 31.1 Å². The number of fused-ring (bicyclic) bond motifs is 1. The number of carbonyl (C=O) groups is 1. The summed E-state index contributed by atoms with van der Waals surface area (Å²) in [5.41, 5.74) is 3.33. The second-order valence-electron chi connectivity index (χ2n) is 6.68. The molecule has 6 nitrogen and oxygen atoms in total. The molecule has 3 rings (SSSR count). The lowest BCUT2D eigenvalue weighted by molar-refractivity contribution is 0.0950. The van der Waals surface area contributed by atoms with Gasteiger partial charge in [0.05, 0.1) is 5.52 Å². The van der Waals surface area contributed by atoms with Crippen molar-refractivity contribution >= 4 is 22.6 Å². The second kappa shape index (κ2) is 7.99. The number of benzene rings is 2. The van der Waals surface area contributed by atoms with Crippen LogP contribution in [0.3, 0.4) is 0 Å². The minimum Gasteiger partial charge on any atom is -0.380 e. The summed E-state index contributed by atoms with van der Waals surface area (Å²) in [5, 5.41) is 14.7. The van der Waals surface area contributed by atoms with E-state index in [9.17, 15) is 4.79 Å². The van der Waals surface area contributed by atoms with E-state index in [4.69, 9.17) is 0 Å². The highest BCUT2D eigenvalue weighted by molar-refractivity contribution is 5.97. The molecule has 0 aliphatic carbocycles. The van der Waals surface area contributed by atoms with Gasteiger partial charge in [-0.1, -0.05) is 37.3 Å². The van der Waals surface area contributed by atoms with E-state index in [0.29, 0.717) is 18.0 Å². The lowest BCUT2D eigenvalue weighted by Gasteiger charge is -2.24. The van der Waals surface area contributed by atoms with Crippen molar-refractivity contribution in [3.05, 3.63) is 54.1 Å². The van der Waals surface area contributed by atoms with Crippen molar-refractivity contribution in [1.29, 1.82) is 0 Å². The molecule has 0 spiro atoms. The van der Waals surface area contributed by atoms with Crippen LogP contribution in [0.4, 0.5) is 5.69 Å². The first kappa shape index (κ1) is 17.9. The van der Waals surface area contributed by atoms with Gasteiger partial charge in [-0.25, -0.2) is 4.68 Å². The lowest BCUT2D eigenvalue weighted by atomic mass is 10.0. The van der Waals surface area contributed by atoms with Crippen molar-refractivity contribution in [1.82, 2.24) is 20.3 Å². The standard InChI is InChI=1S/C20H25N5O/c1-4-25-19-11-10-15(12-17(19)23-24-25)20(26)21-13-18(14(2)3)22-16-8-6-5-7-9-16/h5-12,14,18,22H,4,13H2,1-3H3,(H,21,26). The zero-order chi connectivity index (χ0) is 18.5. The van der Waals surface area contributed by atoms with Crippen molar-refractivity contribution in [3.8, 4) is 0 Å². The Bertz CT molecular complexity index is 872. The predicted molar refractivity (Wildman–Crippen MR) is 104 cm³/mol. The highest BCUT2D eigenvalue weighted by atomic mass is 16.1. The summed E-state index contributed by atoms with van der Waals surface area (Å²) in [6.07, 6.45) is 0. The summed E-state index contributed by atoms with van der Waals surface area (Å²) < 4.78 is 1.82. The van der Waals surface area contributed by atoms with Crippen molar-refractivity contribution in [2.24, 2.45) is 5.92 Å². The normalized spacial score (nSPS) is 12.3. The molecule has 1 unspecified atom stereocenters. The summed E-state index contributed by atoms with van der Waals surface area (Å²) >= 11 is 0. The number of nitrogens with one attached hydrogen (secondary N) is 2. The van der Waals surface area contributed by atoms with Gasteiger partial charge in [0.2, 0.25) is 0 Å². The minimum atomic E-state index is -0.0986. The van der Waals surface area contributed by atoms with Gasteiger partial charge in [0.25, 0.3) is 5.91 Å². The van der Waals surface area contributed by atoms with Gasteiger partial charge in [-0.05, 0) is 43.2 Å². The number of amides is 1. The number of hydrogen-bond donors (Lipinski definition) is 2. The van der Waals surface area contributed by atoms with Gasteiger partial charge in [0, 0.05) is 30.4 Å². The number of nitrogens with zero attached hydrogens (tertiary/aromatic N) is 3. The van der Waals surface area contributed by atoms with Gasteiger partial charge in [0.1, 0.15) is 5.52 Å². The molecular formula is C20H25N5O. The zero-order valence-electron chi connectivity index (χ0n) is 15.4. The number of hydrogen-bond acceptors (Lipinski definition) is 4. The molecule has 1 aromatic heterocycles. The maximum absolute atomic E-state index is 12.6. The van der Waals surface area contributed by atoms with E-state index in [1.807, 2.05) is 54.1 Å². The van der Waals surface area contributed by atoms with Crippen LogP contribution in [0.2, 0.25) is 0 Å². The van der Waals surface area contributed by atoms with Crippen LogP contribution in [0.5, 0.6) is 0 Å². The van der Waals surface area contributed by atoms with E-state index < -0.39 is 0 Å². The quantitative estimate of drug-likeness (QED) is 0.685. The zero-order valence-corrected chi connectivity index (χ0v) is 15.4. The van der Waals surface area contributed by atoms with Gasteiger partial charge < -0.3 is 10.6 Å². The van der Waals surface area contributed by atoms with Crippen molar-refractivity contribution in [2.45, 2.75) is 33.4 Å². The van der Waals surface area contributed by atoms with Gasteiger partial charge in [-0.2, -0.15) is 0 Å². The molecule has 136 valence electrons. The average Bonchev–Trinajstić information content (AvgIpc) is 3.07. The lowest BCUT2D eigenvalue weighted by Crippen LogP contribution is -2.39. The maximum Gasteiger partial charge on any atom is 0.251 e. The first-order valence-corrected chi connectivity index (χ1v) is 9.01. The van der Waals surface area contributed by atoms with Crippen molar-refractivity contribution in [2.75, 3.05) is 11.9 Å². The van der Waals surface area contributed by atoms with Crippen LogP contribution >= 0.6 is 0 Å². The molecule has 0 bridgehead atoms. The summed E-state index contributed by atoms with van der Waals surface area (Å²) in [4.78, 5) is 12.6. The molecular weight excluding hydrogens is 326 g/mol. The van der Waals surface area contributed by atoms with Crippen LogP contribution in [-0.2, 0) is 6.54 Å². The molecule has 26 heavy (non-hydrogen) atoms. The molecule has 0 aliphatic heterocycles. The molecule has 0 radical (unpaired) electrons. The Morgan fingerprint density at radius 3 is 2.62 bits per heavy atom. The number of aryl methyl sites for hydroxylation is 1. The van der Waals surface area contributed by atoms with Crippen molar-refractivity contribution < 1.29 is 4.79 Å². The molecule has 0 saturated heterocycles. The maximum atomic E-state index is 12.6. The van der Waals surface area contributed by atoms with E-state index in [0.717, 1.165) is 23.3 Å². The van der Waals surface area contributed by atoms with Gasteiger partial charge >= 0.3 is 0 Å². The number of rotatable bonds is 7. The fourth-order valence-corrected chi connectivity index (χ4v) is 2.85. The molecule has 2 N–H and O–H groups in total. The van der Waals surface area contributed by atoms with E-state index in [2.05, 4.69) is 34.8 Å². The monoisotopic (exact) mass is 351 g/mol. The summed E-state index contributed by atoms with van der Waals surface area (Å²) in [6.45, 7) is 7.60. The van der Waals surface area contributed by atoms with E-state index in [1.54, 1.807) is 6.07 Å². The van der Waals surface area contributed by atoms with E-state index >= 15 is 0 Å². The Balaban J connectivity index is 1.66. The predicted octanol–water partition coefficient (Wildman–Crippen LogP) is 3.32. The molecule has 1 heterocycles. The molecule has 2 aromatic carbocycles. The van der Waals surface area contributed by atoms with Crippen LogP contribution in [0.25, 0.3) is 11.0 Å². The van der Waals surface area contributed by atoms with Crippen LogP contribution < -0.4 is 10.6 Å². The number of anilines is 1. The second-order valence-corrected chi connectivity index (χ2v) is 6.68. The summed E-state index contributed by atoms with van der Waals surface area (Å²) in [5.74, 6) is 0.279. The van der Waals surface area contributed by atoms with Crippen molar-refractivity contribution in [3.63, 3.8) is 0 Å². The Labute approximate surface area is 153 Å². The number of aromatic nitrogens is 3. The first-order chi connectivity index (χ1) is 12.6. The third kappa shape index (κ3) is 4.02. The fourth-order valence-electron chi connectivity index (χ4n) is 2.85. The smallest absolute Gasteiger partial charge is 0.251 e. The molecule has 3 aromatic rings. The largest absolute Gasteiger partial charge is 0.380 e. The van der Waals surface area contributed by atoms with E-state index in [1.165, 1.54) is 0 Å². The Morgan fingerprint density at radius 1 is 1.15 bits per heavy atom. The van der Waals surface area contributed by atoms with Crippen LogP contribution in [0, 0.1) is 5.92 Å². The highest BCUT2D eigenvalue weighted by Crippen LogP contribution is 2.14. The first-order valence-electron chi connectivity index (χ1n) is 9.01. The fraction of sp³-hybridized carbons (Fsp3) is 0.350. The Kier molecular flexibility index (Phi) is 5.51. The van der Waals surface area contributed by atoms with E-state index in [-0.39, 0.29) is 11.9 Å². The Morgan fingerprint density at radius 2 is 1.92 bits per heavy atom. The highest BCUT2D eigenvalue weighted by Gasteiger charge is 2.16. The summed E-state index contributed by atoms with van der Waals surface area (Å²) in [7, 11) is 0. The third-order valence-electron chi connectivity index (χ3n) is 4.49. The van der Waals surface area contributed by atoms with Gasteiger partial charge in [-0.3, -0.25) is 4.79 Å². The van der Waals surface area contributed by atoms with Crippen LogP contribution in [-0.4, -0.2) is 33.5 Å². The summed E-state index contributed by atoms with van der Waals surface area (Å²) in [6, 6.07) is 15.7. The van der Waals surface area contributed by atoms with Gasteiger partial charge in [0.15, 0.2) is 0 Å². The van der Waals surface area contributed by atoms with Crippen LogP contribution in [0.15, 0.2) is 48.5 Å². The molecule has 6 heteroatoms. The number of carbonyl (C=O) groups excluding carboxylic acids is 1. The number of para-hydroxylation sites is 1. The molecule has 0 saturated carbocycles. The molecule has 1 amide bonds. The molecule has 0 fully saturated rings. The SMILES string of the molecule is CCn1nnc2cc(C(=O)NCC(Nc3ccccc3)C(C)C)ccc21. The molecule has 1 atom stereocenters. The third-order valence-corrected chi connectivity index (χ3v) is 4.49. The topological polar surface area (TPSA) is 71.8 Å². The average molecular weight is 351 g/mol. The Hall–Kier alpha value is -2.89. The van der Waals surface area contributed by atoms with Gasteiger partial charge in [-0.15, -0.1) is 5.10 Å². The molecule has 0 aliphatic rings.